The first-order valence-corrected chi connectivity index (χ1v) is 8.05. The molecule has 1 aliphatic rings. The summed E-state index contributed by atoms with van der Waals surface area (Å²) >= 11 is 1.08. The molecule has 0 unspecified atom stereocenters. The molecule has 0 atom stereocenters. The van der Waals surface area contributed by atoms with Gasteiger partial charge in [-0.1, -0.05) is 11.3 Å². The van der Waals surface area contributed by atoms with Gasteiger partial charge in [0, 0.05) is 29.8 Å². The molecule has 0 saturated heterocycles. The number of carbonyl (C=O) groups is 2. The van der Waals surface area contributed by atoms with Crippen molar-refractivity contribution < 1.29 is 19.1 Å². The van der Waals surface area contributed by atoms with Crippen LogP contribution in [-0.2, 0) is 11.2 Å². The summed E-state index contributed by atoms with van der Waals surface area (Å²) in [5, 5.41) is 13.3. The third-order valence-corrected chi connectivity index (χ3v) is 4.66. The third kappa shape index (κ3) is 2.92. The predicted molar refractivity (Wildman–Crippen MR) is 87.6 cm³/mol. The highest BCUT2D eigenvalue weighted by molar-refractivity contribution is 7.18. The molecule has 0 fully saturated rings. The number of anilines is 1. The maximum Gasteiger partial charge on any atom is 0.223 e. The van der Waals surface area contributed by atoms with Crippen LogP contribution >= 0.6 is 11.3 Å². The van der Waals surface area contributed by atoms with Crippen LogP contribution in [0.2, 0.25) is 0 Å². The summed E-state index contributed by atoms with van der Waals surface area (Å²) in [7, 11) is 0. The molecule has 2 aromatic heterocycles. The van der Waals surface area contributed by atoms with Gasteiger partial charge in [0.25, 0.3) is 0 Å². The average molecular weight is 347 g/mol. The van der Waals surface area contributed by atoms with Crippen molar-refractivity contribution in [2.45, 2.75) is 26.7 Å². The number of allylic oxidation sites excluding steroid dienone is 1. The van der Waals surface area contributed by atoms with E-state index in [1.807, 2.05) is 0 Å². The fraction of sp³-hybridized carbons (Fsp3) is 0.250. The third-order valence-electron chi connectivity index (χ3n) is 3.65. The van der Waals surface area contributed by atoms with Crippen molar-refractivity contribution in [1.29, 1.82) is 0 Å². The standard InChI is InChI=1S/C16H14FN3O3S/c1-7-5-9(6-18-15(7)17)12(22)10-3-4-11-14(13(10)23)24-16(20-11)19-8(2)21/h5-6,22H,3-4H2,1-2H3,(H,19,20,21). The van der Waals surface area contributed by atoms with Gasteiger partial charge in [0.1, 0.15) is 10.6 Å². The number of thiazole rings is 1. The SMILES string of the molecule is CC(=O)Nc1nc2c(s1)C(=O)C(=C(O)c1cnc(F)c(C)c1)CC2. The second kappa shape index (κ2) is 6.12. The molecule has 2 aromatic rings. The molecule has 24 heavy (non-hydrogen) atoms. The fourth-order valence-corrected chi connectivity index (χ4v) is 3.51. The second-order valence-corrected chi connectivity index (χ2v) is 6.46. The molecule has 0 saturated carbocycles. The fourth-order valence-electron chi connectivity index (χ4n) is 2.48. The lowest BCUT2D eigenvalue weighted by Gasteiger charge is -2.14. The average Bonchev–Trinajstić information content (AvgIpc) is 2.92. The first-order chi connectivity index (χ1) is 11.4. The van der Waals surface area contributed by atoms with Gasteiger partial charge in [-0.25, -0.2) is 9.97 Å². The van der Waals surface area contributed by atoms with Crippen LogP contribution in [0.1, 0.15) is 39.8 Å². The van der Waals surface area contributed by atoms with Crippen LogP contribution in [0, 0.1) is 12.9 Å². The number of ketones is 1. The van der Waals surface area contributed by atoms with E-state index in [0.29, 0.717) is 34.1 Å². The summed E-state index contributed by atoms with van der Waals surface area (Å²) in [4.78, 5) is 31.9. The molecule has 124 valence electrons. The van der Waals surface area contributed by atoms with E-state index in [1.54, 1.807) is 0 Å². The molecule has 2 N–H and O–H groups in total. The van der Waals surface area contributed by atoms with Crippen molar-refractivity contribution in [2.24, 2.45) is 0 Å². The van der Waals surface area contributed by atoms with Crippen LogP contribution in [-0.4, -0.2) is 26.8 Å². The number of aromatic nitrogens is 2. The van der Waals surface area contributed by atoms with Crippen LogP contribution in [0.5, 0.6) is 0 Å². The lowest BCUT2D eigenvalue weighted by atomic mass is 9.93. The molecule has 6 nitrogen and oxygen atoms in total. The first-order valence-electron chi connectivity index (χ1n) is 7.23. The molecule has 8 heteroatoms. The Balaban J connectivity index is 1.98. The number of nitrogens with zero attached hydrogens (tertiary/aromatic N) is 2. The molecule has 0 aromatic carbocycles. The zero-order chi connectivity index (χ0) is 17.4. The van der Waals surface area contributed by atoms with E-state index < -0.39 is 5.95 Å². The molecule has 1 aliphatic carbocycles. The highest BCUT2D eigenvalue weighted by Crippen LogP contribution is 2.34. The summed E-state index contributed by atoms with van der Waals surface area (Å²) in [5.74, 6) is -1.41. The van der Waals surface area contributed by atoms with E-state index in [-0.39, 0.29) is 28.6 Å². The monoisotopic (exact) mass is 347 g/mol. The number of aliphatic hydroxyl groups is 1. The molecule has 0 bridgehead atoms. The topological polar surface area (TPSA) is 92.2 Å². The summed E-state index contributed by atoms with van der Waals surface area (Å²) in [5.41, 5.74) is 1.44. The van der Waals surface area contributed by atoms with E-state index in [4.69, 9.17) is 0 Å². The van der Waals surface area contributed by atoms with Gasteiger partial charge in [-0.05, 0) is 25.8 Å². The van der Waals surface area contributed by atoms with Crippen LogP contribution in [0.15, 0.2) is 17.8 Å². The van der Waals surface area contributed by atoms with E-state index >= 15 is 0 Å². The number of hydrogen-bond donors (Lipinski definition) is 2. The Morgan fingerprint density at radius 2 is 2.17 bits per heavy atom. The number of nitrogens with one attached hydrogen (secondary N) is 1. The van der Waals surface area contributed by atoms with Crippen LogP contribution in [0.3, 0.4) is 0 Å². The Kier molecular flexibility index (Phi) is 4.15. The van der Waals surface area contributed by atoms with Crippen molar-refractivity contribution in [3.8, 4) is 0 Å². The minimum absolute atomic E-state index is 0.198. The van der Waals surface area contributed by atoms with Gasteiger partial charge >= 0.3 is 0 Å². The zero-order valence-electron chi connectivity index (χ0n) is 13.0. The first kappa shape index (κ1) is 16.3. The van der Waals surface area contributed by atoms with Gasteiger partial charge < -0.3 is 10.4 Å². The number of halogens is 1. The van der Waals surface area contributed by atoms with Crippen molar-refractivity contribution in [2.75, 3.05) is 5.32 Å². The van der Waals surface area contributed by atoms with Crippen LogP contribution in [0.25, 0.3) is 5.76 Å². The van der Waals surface area contributed by atoms with Crippen molar-refractivity contribution in [3.63, 3.8) is 0 Å². The highest BCUT2D eigenvalue weighted by Gasteiger charge is 2.29. The Morgan fingerprint density at radius 1 is 1.42 bits per heavy atom. The van der Waals surface area contributed by atoms with Gasteiger partial charge in [0.15, 0.2) is 5.13 Å². The Hall–Kier alpha value is -2.61. The van der Waals surface area contributed by atoms with Crippen molar-refractivity contribution in [3.05, 3.63) is 45.5 Å². The molecule has 3 rings (SSSR count). The molecular formula is C16H14FN3O3S. The maximum absolute atomic E-state index is 13.3. The van der Waals surface area contributed by atoms with Gasteiger partial charge in [-0.15, -0.1) is 0 Å². The summed E-state index contributed by atoms with van der Waals surface area (Å²) in [6.07, 6.45) is 1.99. The van der Waals surface area contributed by atoms with Crippen LogP contribution in [0.4, 0.5) is 9.52 Å². The predicted octanol–water partition coefficient (Wildman–Crippen LogP) is 3.04. The number of aryl methyl sites for hydroxylation is 2. The second-order valence-electron chi connectivity index (χ2n) is 5.46. The number of rotatable bonds is 2. The number of Topliss-reactive ketones (excluding diaryl/α,β-unsaturated/α-hetero) is 1. The van der Waals surface area contributed by atoms with E-state index in [0.717, 1.165) is 11.3 Å². The lowest BCUT2D eigenvalue weighted by Crippen LogP contribution is -2.14. The number of carbonyl (C=O) groups excluding carboxylic acids is 2. The van der Waals surface area contributed by atoms with E-state index in [2.05, 4.69) is 15.3 Å². The largest absolute Gasteiger partial charge is 0.507 e. The van der Waals surface area contributed by atoms with Crippen molar-refractivity contribution >= 4 is 33.9 Å². The van der Waals surface area contributed by atoms with Crippen molar-refractivity contribution in [1.82, 2.24) is 9.97 Å². The Bertz CT molecular complexity index is 889. The lowest BCUT2D eigenvalue weighted by molar-refractivity contribution is -0.114. The maximum atomic E-state index is 13.3. The number of fused-ring (bicyclic) bond motifs is 1. The molecule has 0 aliphatic heterocycles. The Labute approximate surface area is 141 Å². The van der Waals surface area contributed by atoms with E-state index in [1.165, 1.54) is 26.1 Å². The number of amides is 1. The quantitative estimate of drug-likeness (QED) is 0.495. The van der Waals surface area contributed by atoms with Gasteiger partial charge in [-0.3, -0.25) is 9.59 Å². The summed E-state index contributed by atoms with van der Waals surface area (Å²) in [6, 6.07) is 1.45. The summed E-state index contributed by atoms with van der Waals surface area (Å²) in [6.45, 7) is 2.90. The van der Waals surface area contributed by atoms with Crippen LogP contribution < -0.4 is 5.32 Å². The zero-order valence-corrected chi connectivity index (χ0v) is 13.8. The minimum atomic E-state index is -0.615. The molecule has 1 amide bonds. The minimum Gasteiger partial charge on any atom is -0.507 e. The normalized spacial score (nSPS) is 15.9. The van der Waals surface area contributed by atoms with E-state index in [9.17, 15) is 19.1 Å². The summed E-state index contributed by atoms with van der Waals surface area (Å²) < 4.78 is 13.3. The highest BCUT2D eigenvalue weighted by atomic mass is 32.1. The van der Waals surface area contributed by atoms with Gasteiger partial charge in [0.05, 0.1) is 5.69 Å². The van der Waals surface area contributed by atoms with Gasteiger partial charge in [-0.2, -0.15) is 4.39 Å². The number of hydrogen-bond acceptors (Lipinski definition) is 6. The smallest absolute Gasteiger partial charge is 0.223 e. The molecule has 0 spiro atoms. The van der Waals surface area contributed by atoms with Gasteiger partial charge in [0.2, 0.25) is 17.6 Å². The molecule has 2 heterocycles. The number of pyridine rings is 1. The number of aliphatic hydroxyl groups excluding tert-OH is 1. The Morgan fingerprint density at radius 3 is 2.83 bits per heavy atom. The molecular weight excluding hydrogens is 333 g/mol. The molecule has 0 radical (unpaired) electrons.